The molecular weight excluding hydrogens is 623 g/mol. The largest absolute Gasteiger partial charge is 0.376 e. The fourth-order valence-electron chi connectivity index (χ4n) is 2.78. The average Bonchev–Trinajstić information content (AvgIpc) is 2.85. The molecule has 3 N–H and O–H groups in total. The van der Waals surface area contributed by atoms with Crippen LogP contribution in [0, 0.1) is 20.8 Å². The van der Waals surface area contributed by atoms with Crippen molar-refractivity contribution in [3.8, 4) is 0 Å². The summed E-state index contributed by atoms with van der Waals surface area (Å²) in [6.45, 7) is 10.9. The van der Waals surface area contributed by atoms with Crippen LogP contribution in [0.2, 0.25) is 0 Å². The van der Waals surface area contributed by atoms with Crippen molar-refractivity contribution in [3.05, 3.63) is 71.7 Å². The van der Waals surface area contributed by atoms with Crippen LogP contribution in [0.5, 0.6) is 0 Å². The van der Waals surface area contributed by atoms with E-state index in [1.54, 1.807) is 77.9 Å². The first kappa shape index (κ1) is 38.4. The van der Waals surface area contributed by atoms with Gasteiger partial charge in [-0.05, 0) is 77.9 Å². The van der Waals surface area contributed by atoms with Gasteiger partial charge in [0.25, 0.3) is 0 Å². The number of hydrogen-bond donors (Lipinski definition) is 3. The number of aromatic nitrogens is 3. The topological polar surface area (TPSA) is 178 Å². The predicted octanol–water partition coefficient (Wildman–Crippen LogP) is 3.71. The molecule has 0 aliphatic carbocycles. The van der Waals surface area contributed by atoms with Crippen LogP contribution < -0.4 is 16.3 Å². The molecule has 0 saturated heterocycles. The van der Waals surface area contributed by atoms with Crippen LogP contribution in [-0.4, -0.2) is 49.5 Å². The van der Waals surface area contributed by atoms with Crippen molar-refractivity contribution in [2.75, 3.05) is 19.8 Å². The Labute approximate surface area is 245 Å². The molecule has 12 nitrogen and oxygen atoms in total. The molecule has 0 aromatic carbocycles. The minimum atomic E-state index is -3.68. The van der Waals surface area contributed by atoms with Gasteiger partial charge >= 0.3 is 22.8 Å². The van der Waals surface area contributed by atoms with Gasteiger partial charge in [-0.3, -0.25) is 13.7 Å². The molecule has 3 aromatic rings. The molecule has 0 saturated carbocycles. The zero-order chi connectivity index (χ0) is 29.7. The van der Waals surface area contributed by atoms with Crippen LogP contribution in [0.1, 0.15) is 37.9 Å². The first-order valence-electron chi connectivity index (χ1n) is 11.9. The van der Waals surface area contributed by atoms with Gasteiger partial charge in [0.2, 0.25) is 0 Å². The Morgan fingerprint density at radius 3 is 0.950 bits per heavy atom. The van der Waals surface area contributed by atoms with Crippen LogP contribution in [0.25, 0.3) is 0 Å². The Morgan fingerprint density at radius 2 is 0.775 bits per heavy atom. The van der Waals surface area contributed by atoms with Crippen LogP contribution in [0.15, 0.2) is 54.6 Å². The van der Waals surface area contributed by atoms with E-state index in [9.17, 15) is 28.4 Å². The second-order valence-corrected chi connectivity index (χ2v) is 13.0. The van der Waals surface area contributed by atoms with E-state index in [-0.39, 0.29) is 53.2 Å². The molecular formula is C24H36FeN3O9P3. The van der Waals surface area contributed by atoms with E-state index in [1.807, 2.05) is 0 Å². The zero-order valence-electron chi connectivity index (χ0n) is 23.1. The predicted molar refractivity (Wildman–Crippen MR) is 150 cm³/mol. The van der Waals surface area contributed by atoms with Gasteiger partial charge in [-0.2, -0.15) is 0 Å². The summed E-state index contributed by atoms with van der Waals surface area (Å²) in [6, 6.07) is 14.8. The Hall–Kier alpha value is -1.58. The van der Waals surface area contributed by atoms with Gasteiger partial charge in [0.1, 0.15) is 0 Å². The molecule has 0 fully saturated rings. The Kier molecular flexibility index (Phi) is 17.3. The quantitative estimate of drug-likeness (QED) is 0.225. The summed E-state index contributed by atoms with van der Waals surface area (Å²) in [5.41, 5.74) is 2.42. The maximum absolute atomic E-state index is 11.4. The molecule has 224 valence electrons. The molecule has 3 rings (SSSR count). The van der Waals surface area contributed by atoms with Crippen molar-refractivity contribution < 1.29 is 59.0 Å². The third-order valence-corrected chi connectivity index (χ3v) is 8.71. The second-order valence-electron chi connectivity index (χ2n) is 7.73. The fraction of sp³-hybridized carbons (Fsp3) is 0.375. The van der Waals surface area contributed by atoms with Crippen molar-refractivity contribution in [1.82, 2.24) is 15.0 Å². The molecule has 3 atom stereocenters. The summed E-state index contributed by atoms with van der Waals surface area (Å²) in [6.07, 6.45) is 0. The minimum absolute atomic E-state index is 0. The van der Waals surface area contributed by atoms with E-state index in [1.165, 1.54) is 18.2 Å². The van der Waals surface area contributed by atoms with Gasteiger partial charge in [0.15, 0.2) is 16.3 Å². The SMILES string of the molecule is CCOP(=O)(O)c1cccc(C)n1.CCOP(=O)(O)c1cccc(C)n1.CCOP(=O)(O)c1cccc(C)n1.[Fe]. The van der Waals surface area contributed by atoms with E-state index in [0.29, 0.717) is 17.1 Å². The normalized spacial score (nSPS) is 14.9. The standard InChI is InChI=1S/3C8H12NO3P.Fe/c3*1-3-12-13(10,11)8-6-4-5-7(2)9-8;/h3*4-6H,3H2,1-2H3,(H,10,11);. The first-order valence-corrected chi connectivity index (χ1v) is 16.7. The van der Waals surface area contributed by atoms with Crippen molar-refractivity contribution in [2.24, 2.45) is 0 Å². The summed E-state index contributed by atoms with van der Waals surface area (Å²) < 4.78 is 48.5. The van der Waals surface area contributed by atoms with Gasteiger partial charge in [-0.15, -0.1) is 0 Å². The Bertz CT molecular complexity index is 1190. The molecule has 0 spiro atoms. The summed E-state index contributed by atoms with van der Waals surface area (Å²) >= 11 is 0. The average molecular weight is 659 g/mol. The minimum Gasteiger partial charge on any atom is -0.320 e. The smallest absolute Gasteiger partial charge is 0.320 e. The Morgan fingerprint density at radius 1 is 0.550 bits per heavy atom. The molecule has 0 aliphatic rings. The van der Waals surface area contributed by atoms with Crippen LogP contribution in [0.4, 0.5) is 0 Å². The summed E-state index contributed by atoms with van der Waals surface area (Å²) in [5, 5.41) is 0. The summed E-state index contributed by atoms with van der Waals surface area (Å²) in [7, 11) is -11.0. The number of hydrogen-bond acceptors (Lipinski definition) is 9. The van der Waals surface area contributed by atoms with Crippen molar-refractivity contribution in [3.63, 3.8) is 0 Å². The van der Waals surface area contributed by atoms with E-state index >= 15 is 0 Å². The van der Waals surface area contributed by atoms with Crippen molar-refractivity contribution >= 4 is 39.1 Å². The summed E-state index contributed by atoms with van der Waals surface area (Å²) in [4.78, 5) is 39.9. The van der Waals surface area contributed by atoms with Gasteiger partial charge in [-0.1, -0.05) is 18.2 Å². The van der Waals surface area contributed by atoms with Gasteiger partial charge in [0, 0.05) is 34.2 Å². The molecule has 0 aliphatic heterocycles. The van der Waals surface area contributed by atoms with E-state index in [0.717, 1.165) is 0 Å². The van der Waals surface area contributed by atoms with Crippen LogP contribution in [-0.2, 0) is 44.3 Å². The fourth-order valence-corrected chi connectivity index (χ4v) is 5.90. The molecule has 16 heteroatoms. The van der Waals surface area contributed by atoms with Crippen molar-refractivity contribution in [1.29, 1.82) is 0 Å². The zero-order valence-corrected chi connectivity index (χ0v) is 26.9. The molecule has 0 bridgehead atoms. The molecule has 0 radical (unpaired) electrons. The van der Waals surface area contributed by atoms with Crippen LogP contribution in [0.3, 0.4) is 0 Å². The maximum Gasteiger partial charge on any atom is 0.376 e. The third kappa shape index (κ3) is 13.4. The third-order valence-electron chi connectivity index (χ3n) is 4.40. The molecule has 3 heterocycles. The summed E-state index contributed by atoms with van der Waals surface area (Å²) in [5.74, 6) is 0. The number of rotatable bonds is 9. The Balaban J connectivity index is 0.000000563. The molecule has 3 aromatic heterocycles. The maximum atomic E-state index is 11.4. The van der Waals surface area contributed by atoms with Crippen LogP contribution >= 0.6 is 22.8 Å². The molecule has 40 heavy (non-hydrogen) atoms. The van der Waals surface area contributed by atoms with E-state index < -0.39 is 22.8 Å². The van der Waals surface area contributed by atoms with Gasteiger partial charge in [-0.25, -0.2) is 15.0 Å². The number of pyridine rings is 3. The first-order chi connectivity index (χ1) is 18.2. The molecule has 0 amide bonds. The van der Waals surface area contributed by atoms with Gasteiger partial charge < -0.3 is 28.3 Å². The number of aryl methyl sites for hydroxylation is 3. The second kappa shape index (κ2) is 18.1. The van der Waals surface area contributed by atoms with E-state index in [2.05, 4.69) is 15.0 Å². The molecule has 3 unspecified atom stereocenters. The van der Waals surface area contributed by atoms with Crippen molar-refractivity contribution in [2.45, 2.75) is 41.5 Å². The number of nitrogens with zero attached hydrogens (tertiary/aromatic N) is 3. The van der Waals surface area contributed by atoms with Gasteiger partial charge in [0.05, 0.1) is 19.8 Å². The van der Waals surface area contributed by atoms with E-state index in [4.69, 9.17) is 13.6 Å². The monoisotopic (exact) mass is 659 g/mol.